The van der Waals surface area contributed by atoms with E-state index in [0.29, 0.717) is 5.82 Å². The Balaban J connectivity index is 2.18. The van der Waals surface area contributed by atoms with Gasteiger partial charge in [0, 0.05) is 10.2 Å². The van der Waals surface area contributed by atoms with E-state index in [-0.39, 0.29) is 11.6 Å². The third-order valence-corrected chi connectivity index (χ3v) is 3.41. The number of carbonyl (C=O) groups is 1. The zero-order valence-electron chi connectivity index (χ0n) is 10.1. The minimum absolute atomic E-state index is 0.221. The second-order valence-electron chi connectivity index (χ2n) is 3.80. The second kappa shape index (κ2) is 5.77. The van der Waals surface area contributed by atoms with E-state index in [9.17, 15) is 4.79 Å². The monoisotopic (exact) mass is 321 g/mol. The molecule has 0 saturated carbocycles. The van der Waals surface area contributed by atoms with Crippen molar-refractivity contribution in [1.29, 1.82) is 0 Å². The van der Waals surface area contributed by atoms with E-state index in [1.54, 1.807) is 0 Å². The van der Waals surface area contributed by atoms with Gasteiger partial charge in [-0.15, -0.1) is 0 Å². The fourth-order valence-corrected chi connectivity index (χ4v) is 1.82. The smallest absolute Gasteiger partial charge is 0.275 e. The number of hydrogen-bond acceptors (Lipinski definition) is 5. The number of nitrogens with zero attached hydrogens (tertiary/aromatic N) is 2. The maximum absolute atomic E-state index is 12.0. The third kappa shape index (κ3) is 3.07. The molecule has 4 N–H and O–H groups in total. The second-order valence-corrected chi connectivity index (χ2v) is 4.65. The Kier molecular flexibility index (Phi) is 4.08. The number of nitrogens with one attached hydrogen (secondary N) is 2. The summed E-state index contributed by atoms with van der Waals surface area (Å²) in [5, 5.41) is 2.78. The summed E-state index contributed by atoms with van der Waals surface area (Å²) < 4.78 is 0.930. The molecular weight excluding hydrogens is 310 g/mol. The molecule has 0 aliphatic carbocycles. The SMILES string of the molecule is Cc1c(Br)cccc1NC(=O)c1cnc(NN)cn1. The normalized spacial score (nSPS) is 10.1. The van der Waals surface area contributed by atoms with E-state index >= 15 is 0 Å². The molecule has 0 aliphatic rings. The van der Waals surface area contributed by atoms with Gasteiger partial charge in [-0.1, -0.05) is 22.0 Å². The van der Waals surface area contributed by atoms with Crippen LogP contribution in [0.4, 0.5) is 11.5 Å². The van der Waals surface area contributed by atoms with Crippen LogP contribution in [0.5, 0.6) is 0 Å². The van der Waals surface area contributed by atoms with Crippen LogP contribution in [0.25, 0.3) is 0 Å². The first kappa shape index (κ1) is 13.4. The van der Waals surface area contributed by atoms with Crippen LogP contribution >= 0.6 is 15.9 Å². The number of halogens is 1. The molecule has 0 spiro atoms. The molecule has 2 aromatic rings. The summed E-state index contributed by atoms with van der Waals surface area (Å²) in [5.41, 5.74) is 4.24. The molecule has 1 amide bonds. The quantitative estimate of drug-likeness (QED) is 0.594. The summed E-state index contributed by atoms with van der Waals surface area (Å²) in [6, 6.07) is 5.58. The lowest BCUT2D eigenvalue weighted by atomic mass is 10.2. The van der Waals surface area contributed by atoms with E-state index in [4.69, 9.17) is 5.84 Å². The predicted molar refractivity (Wildman–Crippen MR) is 76.7 cm³/mol. The number of anilines is 2. The molecule has 0 aliphatic heterocycles. The van der Waals surface area contributed by atoms with Gasteiger partial charge in [-0.2, -0.15) is 0 Å². The van der Waals surface area contributed by atoms with Crippen LogP contribution in [0.15, 0.2) is 35.1 Å². The molecule has 2 rings (SSSR count). The van der Waals surface area contributed by atoms with Crippen molar-refractivity contribution >= 4 is 33.3 Å². The Morgan fingerprint density at radius 2 is 2.11 bits per heavy atom. The van der Waals surface area contributed by atoms with Crippen molar-refractivity contribution in [2.24, 2.45) is 5.84 Å². The highest BCUT2D eigenvalue weighted by atomic mass is 79.9. The Hall–Kier alpha value is -1.99. The van der Waals surface area contributed by atoms with Crippen molar-refractivity contribution in [1.82, 2.24) is 9.97 Å². The van der Waals surface area contributed by atoms with Gasteiger partial charge in [0.25, 0.3) is 5.91 Å². The summed E-state index contributed by atoms with van der Waals surface area (Å²) in [6.45, 7) is 1.91. The number of nitrogens with two attached hydrogens (primary N) is 1. The molecule has 19 heavy (non-hydrogen) atoms. The number of benzene rings is 1. The van der Waals surface area contributed by atoms with Crippen LogP contribution in [-0.4, -0.2) is 15.9 Å². The van der Waals surface area contributed by atoms with Crippen molar-refractivity contribution in [3.8, 4) is 0 Å². The van der Waals surface area contributed by atoms with Gasteiger partial charge in [-0.25, -0.2) is 15.8 Å². The highest BCUT2D eigenvalue weighted by Crippen LogP contribution is 2.23. The fraction of sp³-hybridized carbons (Fsp3) is 0.0833. The summed E-state index contributed by atoms with van der Waals surface area (Å²) in [5.74, 6) is 5.25. The Morgan fingerprint density at radius 3 is 2.74 bits per heavy atom. The fourth-order valence-electron chi connectivity index (χ4n) is 1.45. The molecule has 0 bridgehead atoms. The first-order chi connectivity index (χ1) is 9.11. The Bertz CT molecular complexity index is 600. The van der Waals surface area contributed by atoms with Gasteiger partial charge in [0.15, 0.2) is 5.82 Å². The van der Waals surface area contributed by atoms with Gasteiger partial charge in [0.05, 0.1) is 12.4 Å². The molecule has 0 atom stereocenters. The molecule has 0 radical (unpaired) electrons. The summed E-state index contributed by atoms with van der Waals surface area (Å²) in [6.07, 6.45) is 2.75. The van der Waals surface area contributed by atoms with Crippen molar-refractivity contribution in [2.75, 3.05) is 10.7 Å². The molecule has 7 heteroatoms. The first-order valence-corrected chi connectivity index (χ1v) is 6.26. The van der Waals surface area contributed by atoms with Crippen LogP contribution in [0.2, 0.25) is 0 Å². The van der Waals surface area contributed by atoms with E-state index < -0.39 is 0 Å². The topological polar surface area (TPSA) is 92.9 Å². The molecule has 1 aromatic carbocycles. The van der Waals surface area contributed by atoms with Crippen molar-refractivity contribution in [3.05, 3.63) is 46.3 Å². The Morgan fingerprint density at radius 1 is 1.32 bits per heavy atom. The van der Waals surface area contributed by atoms with Crippen LogP contribution in [0.1, 0.15) is 16.1 Å². The van der Waals surface area contributed by atoms with Gasteiger partial charge < -0.3 is 10.7 Å². The lowest BCUT2D eigenvalue weighted by Gasteiger charge is -2.09. The standard InChI is InChI=1S/C12H12BrN5O/c1-7-8(13)3-2-4-9(7)17-12(19)10-5-16-11(18-14)6-15-10/h2-6H,14H2,1H3,(H,16,18)(H,17,19). The van der Waals surface area contributed by atoms with E-state index in [1.165, 1.54) is 12.4 Å². The number of hydrogen-bond donors (Lipinski definition) is 3. The molecule has 1 aromatic heterocycles. The first-order valence-electron chi connectivity index (χ1n) is 5.47. The largest absolute Gasteiger partial charge is 0.320 e. The summed E-state index contributed by atoms with van der Waals surface area (Å²) >= 11 is 3.41. The van der Waals surface area contributed by atoms with Crippen LogP contribution in [0.3, 0.4) is 0 Å². The molecule has 6 nitrogen and oxygen atoms in total. The van der Waals surface area contributed by atoms with Crippen LogP contribution in [0, 0.1) is 6.92 Å². The molecule has 1 heterocycles. The highest BCUT2D eigenvalue weighted by molar-refractivity contribution is 9.10. The van der Waals surface area contributed by atoms with Gasteiger partial charge in [0.1, 0.15) is 5.69 Å². The maximum Gasteiger partial charge on any atom is 0.275 e. The number of rotatable bonds is 3. The number of aromatic nitrogens is 2. The van der Waals surface area contributed by atoms with Crippen molar-refractivity contribution in [3.63, 3.8) is 0 Å². The van der Waals surface area contributed by atoms with Gasteiger partial charge >= 0.3 is 0 Å². The Labute approximate surface area is 118 Å². The number of carbonyl (C=O) groups excluding carboxylic acids is 1. The molecule has 0 saturated heterocycles. The molecular formula is C12H12BrN5O. The summed E-state index contributed by atoms with van der Waals surface area (Å²) in [4.78, 5) is 19.9. The van der Waals surface area contributed by atoms with E-state index in [2.05, 4.69) is 36.6 Å². The number of amides is 1. The molecule has 0 unspecified atom stereocenters. The van der Waals surface area contributed by atoms with Crippen LogP contribution < -0.4 is 16.6 Å². The lowest BCUT2D eigenvalue weighted by molar-refractivity contribution is 0.102. The van der Waals surface area contributed by atoms with Crippen molar-refractivity contribution < 1.29 is 4.79 Å². The van der Waals surface area contributed by atoms with Gasteiger partial charge in [-0.05, 0) is 24.6 Å². The lowest BCUT2D eigenvalue weighted by Crippen LogP contribution is -2.16. The van der Waals surface area contributed by atoms with Crippen molar-refractivity contribution in [2.45, 2.75) is 6.92 Å². The highest BCUT2D eigenvalue weighted by Gasteiger charge is 2.10. The number of nitrogen functional groups attached to an aromatic ring is 1. The third-order valence-electron chi connectivity index (χ3n) is 2.55. The van der Waals surface area contributed by atoms with E-state index in [1.807, 2.05) is 25.1 Å². The van der Waals surface area contributed by atoms with E-state index in [0.717, 1.165) is 15.7 Å². The zero-order chi connectivity index (χ0) is 13.8. The minimum Gasteiger partial charge on any atom is -0.320 e. The molecule has 98 valence electrons. The average Bonchev–Trinajstić information content (AvgIpc) is 2.44. The van der Waals surface area contributed by atoms with Gasteiger partial charge in [0.2, 0.25) is 0 Å². The van der Waals surface area contributed by atoms with Crippen LogP contribution in [-0.2, 0) is 0 Å². The number of hydrazine groups is 1. The maximum atomic E-state index is 12.0. The summed E-state index contributed by atoms with van der Waals surface area (Å²) in [7, 11) is 0. The predicted octanol–water partition coefficient (Wildman–Crippen LogP) is 2.09. The van der Waals surface area contributed by atoms with Gasteiger partial charge in [-0.3, -0.25) is 4.79 Å². The molecule has 0 fully saturated rings. The zero-order valence-corrected chi connectivity index (χ0v) is 11.7. The average molecular weight is 322 g/mol. The minimum atomic E-state index is -0.322.